The number of nitrogens with one attached hydrogen (secondary N) is 1. The van der Waals surface area contributed by atoms with Crippen LogP contribution in [0.4, 0.5) is 24.5 Å². The summed E-state index contributed by atoms with van der Waals surface area (Å²) in [5, 5.41) is 13.8. The first-order valence-corrected chi connectivity index (χ1v) is 10.2. The number of benzene rings is 2. The molecule has 0 aliphatic heterocycles. The summed E-state index contributed by atoms with van der Waals surface area (Å²) in [4.78, 5) is 24.9. The second-order valence-corrected chi connectivity index (χ2v) is 7.78. The smallest absolute Gasteiger partial charge is 0.416 e. The first kappa shape index (κ1) is 26.2. The molecule has 1 unspecified atom stereocenters. The van der Waals surface area contributed by atoms with Crippen molar-refractivity contribution < 1.29 is 32.4 Å². The number of nitrogens with zero attached hydrogens (tertiary/aromatic N) is 2. The Labute approximate surface area is 193 Å². The number of hydrogen-bond donors (Lipinski definition) is 1. The predicted octanol–water partition coefficient (Wildman–Crippen LogP) is 5.35. The Bertz CT molecular complexity index is 1000. The van der Waals surface area contributed by atoms with Crippen LogP contribution >= 0.6 is 11.6 Å². The van der Waals surface area contributed by atoms with E-state index in [1.54, 1.807) is 0 Å². The van der Waals surface area contributed by atoms with Crippen LogP contribution in [-0.2, 0) is 15.7 Å². The molecule has 0 saturated carbocycles. The molecule has 0 aliphatic rings. The van der Waals surface area contributed by atoms with E-state index in [0.29, 0.717) is 6.42 Å². The van der Waals surface area contributed by atoms with Gasteiger partial charge in [0.15, 0.2) is 0 Å². The van der Waals surface area contributed by atoms with Crippen LogP contribution in [0.15, 0.2) is 36.4 Å². The van der Waals surface area contributed by atoms with Crippen LogP contribution in [0, 0.1) is 10.1 Å². The molecule has 0 fully saturated rings. The summed E-state index contributed by atoms with van der Waals surface area (Å²) in [6.07, 6.45) is -3.94. The number of carbonyl (C=O) groups excluding carboxylic acids is 1. The van der Waals surface area contributed by atoms with Crippen LogP contribution in [0.3, 0.4) is 0 Å². The van der Waals surface area contributed by atoms with E-state index in [9.17, 15) is 28.1 Å². The van der Waals surface area contributed by atoms with E-state index in [-0.39, 0.29) is 34.5 Å². The molecule has 180 valence electrons. The van der Waals surface area contributed by atoms with Crippen LogP contribution in [-0.4, -0.2) is 49.1 Å². The van der Waals surface area contributed by atoms with Crippen molar-refractivity contribution in [1.29, 1.82) is 0 Å². The maximum absolute atomic E-state index is 12.8. The van der Waals surface area contributed by atoms with Crippen molar-refractivity contribution in [2.45, 2.75) is 25.6 Å². The Hall–Kier alpha value is -3.05. The van der Waals surface area contributed by atoms with Crippen LogP contribution in [0.5, 0.6) is 11.5 Å². The number of esters is 1. The van der Waals surface area contributed by atoms with Crippen LogP contribution < -0.4 is 10.1 Å². The minimum absolute atomic E-state index is 0.0294. The van der Waals surface area contributed by atoms with Crippen LogP contribution in [0.2, 0.25) is 5.02 Å². The monoisotopic (exact) mass is 489 g/mol. The number of anilines is 1. The van der Waals surface area contributed by atoms with Crippen molar-refractivity contribution in [3.63, 3.8) is 0 Å². The van der Waals surface area contributed by atoms with E-state index in [0.717, 1.165) is 30.8 Å². The van der Waals surface area contributed by atoms with Gasteiger partial charge in [-0.25, -0.2) is 4.79 Å². The number of ether oxygens (including phenoxy) is 2. The second kappa shape index (κ2) is 11.2. The Balaban J connectivity index is 2.16. The number of nitro benzene ring substituents is 1. The van der Waals surface area contributed by atoms with Gasteiger partial charge in [0.2, 0.25) is 0 Å². The van der Waals surface area contributed by atoms with Crippen molar-refractivity contribution in [1.82, 2.24) is 4.90 Å². The molecule has 2 rings (SSSR count). The van der Waals surface area contributed by atoms with Crippen molar-refractivity contribution in [3.05, 3.63) is 57.1 Å². The predicted molar refractivity (Wildman–Crippen MR) is 117 cm³/mol. The van der Waals surface area contributed by atoms with Gasteiger partial charge in [-0.3, -0.25) is 10.1 Å². The molecular weight excluding hydrogens is 467 g/mol. The van der Waals surface area contributed by atoms with Crippen LogP contribution in [0.1, 0.15) is 18.9 Å². The number of rotatable bonds is 10. The van der Waals surface area contributed by atoms with Gasteiger partial charge in [-0.05, 0) is 51.7 Å². The molecule has 0 aliphatic carbocycles. The van der Waals surface area contributed by atoms with Gasteiger partial charge >= 0.3 is 12.1 Å². The van der Waals surface area contributed by atoms with Crippen molar-refractivity contribution in [2.24, 2.45) is 0 Å². The lowest BCUT2D eigenvalue weighted by Gasteiger charge is -2.16. The van der Waals surface area contributed by atoms with Crippen LogP contribution in [0.25, 0.3) is 0 Å². The molecular formula is C21H23ClF3N3O5. The molecule has 0 spiro atoms. The van der Waals surface area contributed by atoms with Gasteiger partial charge in [0.25, 0.3) is 5.69 Å². The Morgan fingerprint density at radius 2 is 1.94 bits per heavy atom. The lowest BCUT2D eigenvalue weighted by atomic mass is 10.2. The second-order valence-electron chi connectivity index (χ2n) is 7.37. The Morgan fingerprint density at radius 1 is 1.24 bits per heavy atom. The van der Waals surface area contributed by atoms with Gasteiger partial charge < -0.3 is 19.7 Å². The number of halogens is 4. The quantitative estimate of drug-likeness (QED) is 0.208. The van der Waals surface area contributed by atoms with Gasteiger partial charge in [-0.2, -0.15) is 13.2 Å². The van der Waals surface area contributed by atoms with Crippen molar-refractivity contribution >= 4 is 28.9 Å². The zero-order valence-electron chi connectivity index (χ0n) is 18.1. The molecule has 33 heavy (non-hydrogen) atoms. The van der Waals surface area contributed by atoms with E-state index in [1.165, 1.54) is 19.1 Å². The normalized spacial score (nSPS) is 12.4. The largest absolute Gasteiger partial charge is 0.464 e. The van der Waals surface area contributed by atoms with E-state index in [4.69, 9.17) is 21.1 Å². The summed E-state index contributed by atoms with van der Waals surface area (Å²) in [6, 6.07) is 5.32. The van der Waals surface area contributed by atoms with E-state index in [1.807, 2.05) is 19.0 Å². The summed E-state index contributed by atoms with van der Waals surface area (Å²) >= 11 is 5.90. The van der Waals surface area contributed by atoms with Gasteiger partial charge in [0, 0.05) is 18.7 Å². The molecule has 1 atom stereocenters. The first-order valence-electron chi connectivity index (χ1n) is 9.79. The lowest BCUT2D eigenvalue weighted by Crippen LogP contribution is -2.29. The topological polar surface area (TPSA) is 93.9 Å². The standard InChI is InChI=1S/C21H23ClF3N3O5/c1-13(20(29)32-10-4-9-27(2)3)26-17-12-15(6-7-18(17)28(30)31)33-19-8-5-14(11-16(19)22)21(23,24)25/h5-8,11-13,26H,4,9-10H2,1-3H3. The average molecular weight is 490 g/mol. The van der Waals surface area contributed by atoms with Gasteiger partial charge in [0.05, 0.1) is 22.1 Å². The fourth-order valence-electron chi connectivity index (χ4n) is 2.71. The highest BCUT2D eigenvalue weighted by molar-refractivity contribution is 6.32. The van der Waals surface area contributed by atoms with Gasteiger partial charge in [-0.15, -0.1) is 0 Å². The average Bonchev–Trinajstić information content (AvgIpc) is 2.71. The maximum atomic E-state index is 12.8. The molecule has 0 aromatic heterocycles. The van der Waals surface area contributed by atoms with Gasteiger partial charge in [0.1, 0.15) is 23.2 Å². The number of nitro groups is 1. The third kappa shape index (κ3) is 7.79. The molecule has 0 heterocycles. The molecule has 2 aromatic rings. The van der Waals surface area contributed by atoms with E-state index >= 15 is 0 Å². The third-order valence-electron chi connectivity index (χ3n) is 4.37. The van der Waals surface area contributed by atoms with Gasteiger partial charge in [-0.1, -0.05) is 11.6 Å². The number of hydrogen-bond acceptors (Lipinski definition) is 7. The zero-order chi connectivity index (χ0) is 24.8. The zero-order valence-corrected chi connectivity index (χ0v) is 18.9. The third-order valence-corrected chi connectivity index (χ3v) is 4.67. The van der Waals surface area contributed by atoms with E-state index < -0.39 is 28.7 Å². The minimum Gasteiger partial charge on any atom is -0.464 e. The number of carbonyl (C=O) groups is 1. The van der Waals surface area contributed by atoms with Crippen molar-refractivity contribution in [2.75, 3.05) is 32.6 Å². The summed E-state index contributed by atoms with van der Waals surface area (Å²) in [5.74, 6) is -0.603. The summed E-state index contributed by atoms with van der Waals surface area (Å²) in [5.41, 5.74) is -1.30. The summed E-state index contributed by atoms with van der Waals surface area (Å²) in [7, 11) is 3.77. The van der Waals surface area contributed by atoms with Crippen molar-refractivity contribution in [3.8, 4) is 11.5 Å². The fourth-order valence-corrected chi connectivity index (χ4v) is 2.93. The SMILES string of the molecule is CC(Nc1cc(Oc2ccc(C(F)(F)F)cc2Cl)ccc1[N+](=O)[O-])C(=O)OCCCN(C)C. The molecule has 0 radical (unpaired) electrons. The highest BCUT2D eigenvalue weighted by Gasteiger charge is 2.31. The Kier molecular flexibility index (Phi) is 8.89. The molecule has 0 amide bonds. The molecule has 2 aromatic carbocycles. The Morgan fingerprint density at radius 3 is 2.52 bits per heavy atom. The first-order chi connectivity index (χ1) is 15.4. The highest BCUT2D eigenvalue weighted by atomic mass is 35.5. The molecule has 0 saturated heterocycles. The molecule has 12 heteroatoms. The molecule has 1 N–H and O–H groups in total. The van der Waals surface area contributed by atoms with E-state index in [2.05, 4.69) is 5.32 Å². The summed E-state index contributed by atoms with van der Waals surface area (Å²) < 4.78 is 49.1. The molecule has 0 bridgehead atoms. The molecule has 8 nitrogen and oxygen atoms in total. The fraction of sp³-hybridized carbons (Fsp3) is 0.381. The maximum Gasteiger partial charge on any atom is 0.416 e. The highest BCUT2D eigenvalue weighted by Crippen LogP contribution is 2.38. The number of alkyl halides is 3. The minimum atomic E-state index is -4.57. The summed E-state index contributed by atoms with van der Waals surface area (Å²) in [6.45, 7) is 2.41. The lowest BCUT2D eigenvalue weighted by molar-refractivity contribution is -0.384.